The third-order valence-electron chi connectivity index (χ3n) is 0.899. The molecular weight excluding hydrogens is 282 g/mol. The predicted octanol–water partition coefficient (Wildman–Crippen LogP) is -2.35. The summed E-state index contributed by atoms with van der Waals surface area (Å²) in [4.78, 5) is 25.0. The molecule has 12 heteroatoms. The Labute approximate surface area is 115 Å². The topological polar surface area (TPSA) is 154 Å². The average molecular weight is 294 g/mol. The van der Waals surface area contributed by atoms with Gasteiger partial charge in [-0.3, -0.25) is 4.52 Å². The Morgan fingerprint density at radius 3 is 1.73 bits per heavy atom. The molecule has 0 heterocycles. The maximum absolute atomic E-state index is 10.8. The first-order valence-electron chi connectivity index (χ1n) is 3.20. The quantitative estimate of drug-likeness (QED) is 0.267. The van der Waals surface area contributed by atoms with Crippen molar-refractivity contribution in [2.45, 2.75) is 6.10 Å². The standard InChI is InChI=1S/C3H10O9P2.Ca.2H/c4-1-3(2-5)11-14(9,10)12-13(6,7)8;;;/h3-5H,1-2H2,(H,9,10)(H2,6,7,8);;;. The zero-order valence-electron chi connectivity index (χ0n) is 6.76. The number of phosphoric ester groups is 1. The Balaban J connectivity index is 0. The molecule has 0 saturated carbocycles. The summed E-state index contributed by atoms with van der Waals surface area (Å²) in [5.74, 6) is 0. The van der Waals surface area contributed by atoms with E-state index in [9.17, 15) is 9.13 Å². The Morgan fingerprint density at radius 2 is 1.47 bits per heavy atom. The molecule has 0 aliphatic rings. The molecule has 0 aromatic carbocycles. The molecule has 0 rings (SSSR count). The fourth-order valence-corrected chi connectivity index (χ4v) is 2.21. The molecule has 0 fully saturated rings. The number of rotatable bonds is 6. The van der Waals surface area contributed by atoms with Crippen LogP contribution in [-0.2, 0) is 18.0 Å². The van der Waals surface area contributed by atoms with Gasteiger partial charge >= 0.3 is 53.4 Å². The van der Waals surface area contributed by atoms with Gasteiger partial charge in [0.25, 0.3) is 0 Å². The molecule has 5 N–H and O–H groups in total. The molecule has 9 nitrogen and oxygen atoms in total. The molecule has 0 amide bonds. The van der Waals surface area contributed by atoms with Crippen LogP contribution in [0.4, 0.5) is 0 Å². The maximum atomic E-state index is 10.8. The molecule has 0 spiro atoms. The summed E-state index contributed by atoms with van der Waals surface area (Å²) in [7, 11) is -10.2. The summed E-state index contributed by atoms with van der Waals surface area (Å²) >= 11 is 0. The van der Waals surface area contributed by atoms with E-state index < -0.39 is 35.0 Å². The number of aliphatic hydroxyl groups is 2. The normalized spacial score (nSPS) is 15.9. The van der Waals surface area contributed by atoms with Gasteiger partial charge in [0.2, 0.25) is 0 Å². The Hall–Kier alpha value is 1.44. The van der Waals surface area contributed by atoms with Crippen molar-refractivity contribution in [3.63, 3.8) is 0 Å². The van der Waals surface area contributed by atoms with Gasteiger partial charge in [0, 0.05) is 0 Å². The minimum absolute atomic E-state index is 0. The van der Waals surface area contributed by atoms with E-state index in [1.165, 1.54) is 0 Å². The Morgan fingerprint density at radius 1 is 1.07 bits per heavy atom. The van der Waals surface area contributed by atoms with E-state index in [1.807, 2.05) is 0 Å². The molecule has 0 aliphatic carbocycles. The van der Waals surface area contributed by atoms with Crippen molar-refractivity contribution in [2.24, 2.45) is 0 Å². The van der Waals surface area contributed by atoms with Crippen LogP contribution in [-0.4, -0.2) is 81.9 Å². The molecular formula is C3H12CaO9P2. The van der Waals surface area contributed by atoms with Crippen LogP contribution < -0.4 is 0 Å². The average Bonchev–Trinajstić information content (AvgIpc) is 1.95. The van der Waals surface area contributed by atoms with Crippen LogP contribution in [0.3, 0.4) is 0 Å². The van der Waals surface area contributed by atoms with Crippen LogP contribution in [0.5, 0.6) is 0 Å². The van der Waals surface area contributed by atoms with Crippen LogP contribution in [0, 0.1) is 0 Å². The summed E-state index contributed by atoms with van der Waals surface area (Å²) in [6, 6.07) is 0. The molecule has 0 bridgehead atoms. The molecule has 1 atom stereocenters. The minimum atomic E-state index is -5.17. The fourth-order valence-electron chi connectivity index (χ4n) is 0.466. The van der Waals surface area contributed by atoms with Crippen LogP contribution in [0.15, 0.2) is 0 Å². The monoisotopic (exact) mass is 294 g/mol. The van der Waals surface area contributed by atoms with E-state index in [0.29, 0.717) is 0 Å². The number of phosphoric acid groups is 2. The van der Waals surface area contributed by atoms with Gasteiger partial charge in [0.05, 0.1) is 13.2 Å². The zero-order valence-corrected chi connectivity index (χ0v) is 8.54. The van der Waals surface area contributed by atoms with Crippen LogP contribution in [0.1, 0.15) is 0 Å². The first-order valence-corrected chi connectivity index (χ1v) is 6.22. The van der Waals surface area contributed by atoms with Gasteiger partial charge < -0.3 is 24.9 Å². The molecule has 0 saturated heterocycles. The number of hydrogen-bond donors (Lipinski definition) is 5. The van der Waals surface area contributed by atoms with Gasteiger partial charge in [-0.2, -0.15) is 4.31 Å². The molecule has 0 radical (unpaired) electrons. The van der Waals surface area contributed by atoms with Crippen LogP contribution >= 0.6 is 15.6 Å². The molecule has 0 aromatic rings. The van der Waals surface area contributed by atoms with Gasteiger partial charge in [-0.1, -0.05) is 0 Å². The van der Waals surface area contributed by atoms with Gasteiger partial charge in [-0.15, -0.1) is 0 Å². The second kappa shape index (κ2) is 7.71. The van der Waals surface area contributed by atoms with Crippen molar-refractivity contribution in [1.82, 2.24) is 0 Å². The van der Waals surface area contributed by atoms with Crippen molar-refractivity contribution in [3.8, 4) is 0 Å². The van der Waals surface area contributed by atoms with E-state index in [0.717, 1.165) is 0 Å². The molecule has 0 aromatic heterocycles. The van der Waals surface area contributed by atoms with Crippen LogP contribution in [0.25, 0.3) is 0 Å². The molecule has 15 heavy (non-hydrogen) atoms. The molecule has 0 aliphatic heterocycles. The summed E-state index contributed by atoms with van der Waals surface area (Å²) in [6.07, 6.45) is -1.45. The van der Waals surface area contributed by atoms with E-state index >= 15 is 0 Å². The van der Waals surface area contributed by atoms with Gasteiger partial charge in [0.15, 0.2) is 0 Å². The first-order chi connectivity index (χ1) is 6.20. The van der Waals surface area contributed by atoms with Crippen molar-refractivity contribution < 1.29 is 42.9 Å². The predicted molar refractivity (Wildman–Crippen MR) is 50.5 cm³/mol. The summed E-state index contributed by atoms with van der Waals surface area (Å²) in [5, 5.41) is 16.8. The third-order valence-corrected chi connectivity index (χ3v) is 3.14. The van der Waals surface area contributed by atoms with Crippen molar-refractivity contribution >= 4 is 53.4 Å². The van der Waals surface area contributed by atoms with E-state index in [-0.39, 0.29) is 37.7 Å². The van der Waals surface area contributed by atoms with E-state index in [4.69, 9.17) is 24.9 Å². The zero-order chi connectivity index (χ0) is 11.4. The van der Waals surface area contributed by atoms with Crippen molar-refractivity contribution in [3.05, 3.63) is 0 Å². The fraction of sp³-hybridized carbons (Fsp3) is 1.00. The van der Waals surface area contributed by atoms with Crippen molar-refractivity contribution in [1.29, 1.82) is 0 Å². The second-order valence-electron chi connectivity index (χ2n) is 2.13. The molecule has 90 valence electrons. The van der Waals surface area contributed by atoms with Crippen LogP contribution in [0.2, 0.25) is 0 Å². The van der Waals surface area contributed by atoms with Gasteiger partial charge in [-0.25, -0.2) is 9.13 Å². The van der Waals surface area contributed by atoms with E-state index in [1.54, 1.807) is 0 Å². The summed E-state index contributed by atoms with van der Waals surface area (Å²) in [5.41, 5.74) is 0. The molecule has 1 unspecified atom stereocenters. The second-order valence-corrected chi connectivity index (χ2v) is 4.92. The van der Waals surface area contributed by atoms with Gasteiger partial charge in [-0.05, 0) is 0 Å². The number of hydrogen-bond acceptors (Lipinski definition) is 6. The Bertz CT molecular complexity index is 258. The van der Waals surface area contributed by atoms with Gasteiger partial charge in [0.1, 0.15) is 6.10 Å². The first kappa shape index (κ1) is 18.8. The SMILES string of the molecule is O=P(O)(O)OP(=O)(O)OC(CO)CO.[CaH2]. The van der Waals surface area contributed by atoms with Crippen molar-refractivity contribution in [2.75, 3.05) is 13.2 Å². The van der Waals surface area contributed by atoms with E-state index in [2.05, 4.69) is 8.83 Å². The summed E-state index contributed by atoms with van der Waals surface area (Å²) in [6.45, 7) is -1.60. The Kier molecular flexibility index (Phi) is 9.66. The number of aliphatic hydroxyl groups excluding tert-OH is 2. The third kappa shape index (κ3) is 10.3. The summed E-state index contributed by atoms with van der Waals surface area (Å²) < 4.78 is 28.3.